The second kappa shape index (κ2) is 4.96. The highest BCUT2D eigenvalue weighted by Crippen LogP contribution is 2.30. The van der Waals surface area contributed by atoms with E-state index in [1.54, 1.807) is 6.92 Å². The zero-order valence-electron chi connectivity index (χ0n) is 11.1. The number of carboxylic acid groups (broad SMARTS) is 1. The van der Waals surface area contributed by atoms with Gasteiger partial charge in [0, 0.05) is 12.2 Å². The van der Waals surface area contributed by atoms with E-state index in [1.807, 2.05) is 29.2 Å². The van der Waals surface area contributed by atoms with E-state index in [2.05, 4.69) is 10.1 Å². The van der Waals surface area contributed by atoms with Gasteiger partial charge in [0.15, 0.2) is 5.82 Å². The van der Waals surface area contributed by atoms with Crippen LogP contribution in [-0.2, 0) is 17.8 Å². The highest BCUT2D eigenvalue weighted by atomic mass is 16.5. The van der Waals surface area contributed by atoms with Gasteiger partial charge in [0.1, 0.15) is 0 Å². The van der Waals surface area contributed by atoms with E-state index in [-0.39, 0.29) is 0 Å². The summed E-state index contributed by atoms with van der Waals surface area (Å²) < 4.78 is 5.13. The number of nitrogens with zero attached hydrogens (tertiary/aromatic N) is 3. The lowest BCUT2D eigenvalue weighted by atomic mass is 9.92. The topological polar surface area (TPSA) is 79.5 Å². The number of carbonyl (C=O) groups is 1. The summed E-state index contributed by atoms with van der Waals surface area (Å²) in [5.74, 6) is -0.0939. The summed E-state index contributed by atoms with van der Waals surface area (Å²) in [6.07, 6.45) is 0.560. The largest absolute Gasteiger partial charge is 0.481 e. The van der Waals surface area contributed by atoms with Crippen LogP contribution in [0.25, 0.3) is 0 Å². The van der Waals surface area contributed by atoms with Crippen molar-refractivity contribution >= 4 is 11.7 Å². The normalized spacial score (nSPS) is 17.9. The summed E-state index contributed by atoms with van der Waals surface area (Å²) in [7, 11) is 0. The summed E-state index contributed by atoms with van der Waals surface area (Å²) in [6, 6.07) is 7.84. The molecule has 0 aliphatic carbocycles. The molecular formula is C14H15N3O3. The molecule has 1 atom stereocenters. The summed E-state index contributed by atoms with van der Waals surface area (Å²) in [6.45, 7) is 2.65. The summed E-state index contributed by atoms with van der Waals surface area (Å²) >= 11 is 0. The fourth-order valence-corrected chi connectivity index (χ4v) is 2.57. The first kappa shape index (κ1) is 12.7. The number of rotatable bonds is 3. The molecule has 0 amide bonds. The third-order valence-electron chi connectivity index (χ3n) is 3.48. The molecule has 2 heterocycles. The molecule has 1 unspecified atom stereocenters. The van der Waals surface area contributed by atoms with Crippen LogP contribution < -0.4 is 4.90 Å². The number of hydrogen-bond acceptors (Lipinski definition) is 5. The number of fused-ring (bicyclic) bond motifs is 1. The first-order chi connectivity index (χ1) is 9.63. The number of aryl methyl sites for hydroxylation is 1. The predicted molar refractivity (Wildman–Crippen MR) is 71.4 cm³/mol. The third kappa shape index (κ3) is 2.36. The maximum atomic E-state index is 11.3. The minimum absolute atomic E-state index is 0.408. The molecule has 1 aromatic carbocycles. The Kier molecular flexibility index (Phi) is 3.14. The zero-order valence-corrected chi connectivity index (χ0v) is 11.1. The van der Waals surface area contributed by atoms with Crippen LogP contribution in [0.5, 0.6) is 0 Å². The minimum Gasteiger partial charge on any atom is -0.481 e. The molecule has 0 radical (unpaired) electrons. The fraction of sp³-hybridized carbons (Fsp3) is 0.357. The predicted octanol–water partition coefficient (Wildman–Crippen LogP) is 1.64. The molecule has 1 aliphatic rings. The van der Waals surface area contributed by atoms with Gasteiger partial charge in [-0.1, -0.05) is 23.4 Å². The standard InChI is InChI=1S/C14H15N3O3/c1-9-15-13(20-16-9)8-17-7-11(14(18)19)6-10-4-2-3-5-12(10)17/h2-5,11H,6-8H2,1H3,(H,18,19). The maximum Gasteiger partial charge on any atom is 0.308 e. The van der Waals surface area contributed by atoms with Gasteiger partial charge >= 0.3 is 5.97 Å². The quantitative estimate of drug-likeness (QED) is 0.915. The van der Waals surface area contributed by atoms with Crippen LogP contribution in [0, 0.1) is 12.8 Å². The lowest BCUT2D eigenvalue weighted by Crippen LogP contribution is -2.38. The van der Waals surface area contributed by atoms with Crippen molar-refractivity contribution in [1.82, 2.24) is 10.1 Å². The van der Waals surface area contributed by atoms with E-state index in [9.17, 15) is 9.90 Å². The Balaban J connectivity index is 1.90. The van der Waals surface area contributed by atoms with Crippen LogP contribution in [0.4, 0.5) is 5.69 Å². The maximum absolute atomic E-state index is 11.3. The van der Waals surface area contributed by atoms with Gasteiger partial charge in [0.2, 0.25) is 5.89 Å². The van der Waals surface area contributed by atoms with Crippen molar-refractivity contribution in [3.05, 3.63) is 41.5 Å². The molecular weight excluding hydrogens is 258 g/mol. The van der Waals surface area contributed by atoms with Crippen LogP contribution in [0.3, 0.4) is 0 Å². The summed E-state index contributed by atoms with van der Waals surface area (Å²) in [5.41, 5.74) is 2.09. The van der Waals surface area contributed by atoms with Gasteiger partial charge in [-0.3, -0.25) is 4.79 Å². The Morgan fingerprint density at radius 3 is 3.00 bits per heavy atom. The molecule has 1 aliphatic heterocycles. The highest BCUT2D eigenvalue weighted by Gasteiger charge is 2.29. The third-order valence-corrected chi connectivity index (χ3v) is 3.48. The lowest BCUT2D eigenvalue weighted by Gasteiger charge is -2.33. The van der Waals surface area contributed by atoms with Crippen molar-refractivity contribution in [2.45, 2.75) is 19.9 Å². The first-order valence-electron chi connectivity index (χ1n) is 6.48. The van der Waals surface area contributed by atoms with Crippen molar-refractivity contribution in [2.75, 3.05) is 11.4 Å². The van der Waals surface area contributed by atoms with Gasteiger partial charge in [-0.15, -0.1) is 0 Å². The average Bonchev–Trinajstić information content (AvgIpc) is 2.84. The molecule has 0 bridgehead atoms. The van der Waals surface area contributed by atoms with Gasteiger partial charge in [-0.2, -0.15) is 4.98 Å². The van der Waals surface area contributed by atoms with E-state index in [0.717, 1.165) is 11.3 Å². The van der Waals surface area contributed by atoms with Crippen molar-refractivity contribution in [3.8, 4) is 0 Å². The molecule has 1 N–H and O–H groups in total. The minimum atomic E-state index is -0.772. The van der Waals surface area contributed by atoms with E-state index < -0.39 is 11.9 Å². The SMILES string of the molecule is Cc1noc(CN2CC(C(=O)O)Cc3ccccc32)n1. The molecule has 1 aromatic heterocycles. The fourth-order valence-electron chi connectivity index (χ4n) is 2.57. The molecule has 2 aromatic rings. The van der Waals surface area contributed by atoms with Gasteiger partial charge in [-0.25, -0.2) is 0 Å². The first-order valence-corrected chi connectivity index (χ1v) is 6.48. The zero-order chi connectivity index (χ0) is 14.1. The number of benzene rings is 1. The Labute approximate surface area is 116 Å². The number of hydrogen-bond donors (Lipinski definition) is 1. The van der Waals surface area contributed by atoms with E-state index in [1.165, 1.54) is 0 Å². The molecule has 0 fully saturated rings. The number of aliphatic carboxylic acids is 1. The number of anilines is 1. The molecule has 6 heteroatoms. The Hall–Kier alpha value is -2.37. The van der Waals surface area contributed by atoms with Gasteiger partial charge in [-0.05, 0) is 25.0 Å². The lowest BCUT2D eigenvalue weighted by molar-refractivity contribution is -0.141. The van der Waals surface area contributed by atoms with E-state index in [4.69, 9.17) is 4.52 Å². The van der Waals surface area contributed by atoms with Crippen molar-refractivity contribution in [2.24, 2.45) is 5.92 Å². The van der Waals surface area contributed by atoms with Crippen LogP contribution in [0.15, 0.2) is 28.8 Å². The average molecular weight is 273 g/mol. The van der Waals surface area contributed by atoms with Crippen molar-refractivity contribution in [1.29, 1.82) is 0 Å². The summed E-state index contributed by atoms with van der Waals surface area (Å²) in [5, 5.41) is 13.0. The van der Waals surface area contributed by atoms with Crippen LogP contribution >= 0.6 is 0 Å². The Morgan fingerprint density at radius 2 is 2.30 bits per heavy atom. The van der Waals surface area contributed by atoms with E-state index in [0.29, 0.717) is 31.2 Å². The Morgan fingerprint density at radius 1 is 1.50 bits per heavy atom. The monoisotopic (exact) mass is 273 g/mol. The van der Waals surface area contributed by atoms with Crippen molar-refractivity contribution < 1.29 is 14.4 Å². The number of para-hydroxylation sites is 1. The second-order valence-corrected chi connectivity index (χ2v) is 4.98. The van der Waals surface area contributed by atoms with Crippen molar-refractivity contribution in [3.63, 3.8) is 0 Å². The van der Waals surface area contributed by atoms with Gasteiger partial charge in [0.05, 0.1) is 12.5 Å². The highest BCUT2D eigenvalue weighted by molar-refractivity contribution is 5.73. The van der Waals surface area contributed by atoms with Gasteiger partial charge in [0.25, 0.3) is 0 Å². The molecule has 3 rings (SSSR count). The van der Waals surface area contributed by atoms with E-state index >= 15 is 0 Å². The number of carboxylic acids is 1. The molecule has 0 spiro atoms. The smallest absolute Gasteiger partial charge is 0.308 e. The van der Waals surface area contributed by atoms with Crippen LogP contribution in [-0.4, -0.2) is 27.8 Å². The van der Waals surface area contributed by atoms with Gasteiger partial charge < -0.3 is 14.5 Å². The Bertz CT molecular complexity index is 638. The molecule has 20 heavy (non-hydrogen) atoms. The van der Waals surface area contributed by atoms with Crippen LogP contribution in [0.2, 0.25) is 0 Å². The van der Waals surface area contributed by atoms with Crippen LogP contribution in [0.1, 0.15) is 17.3 Å². The second-order valence-electron chi connectivity index (χ2n) is 4.98. The summed E-state index contributed by atoms with van der Waals surface area (Å²) in [4.78, 5) is 17.5. The molecule has 0 saturated heterocycles. The molecule has 6 nitrogen and oxygen atoms in total. The number of aromatic nitrogens is 2. The molecule has 0 saturated carbocycles. The molecule has 104 valence electrons.